The molecule has 0 unspecified atom stereocenters. The summed E-state index contributed by atoms with van der Waals surface area (Å²) in [6, 6.07) is -0.636. The Kier molecular flexibility index (Phi) is 6.60. The molecule has 20 heavy (non-hydrogen) atoms. The smallest absolute Gasteiger partial charge is 0.350 e. The number of methoxy groups -OCH3 is 1. The predicted octanol–water partition coefficient (Wildman–Crippen LogP) is 1.93. The summed E-state index contributed by atoms with van der Waals surface area (Å²) in [5.74, 6) is -0.797. The fourth-order valence-electron chi connectivity index (χ4n) is 1.33. The van der Waals surface area contributed by atoms with Crippen molar-refractivity contribution in [3.63, 3.8) is 0 Å². The maximum Gasteiger partial charge on any atom is 0.350 e. The van der Waals surface area contributed by atoms with Crippen molar-refractivity contribution in [3.05, 3.63) is 10.6 Å². The van der Waals surface area contributed by atoms with Crippen molar-refractivity contribution in [1.29, 1.82) is 0 Å². The molecule has 0 radical (unpaired) electrons. The van der Waals surface area contributed by atoms with Gasteiger partial charge >= 0.3 is 5.97 Å². The number of thiazole rings is 1. The van der Waals surface area contributed by atoms with Crippen LogP contribution in [0.5, 0.6) is 0 Å². The highest BCUT2D eigenvalue weighted by Crippen LogP contribution is 2.32. The Hall–Kier alpha value is -1.18. The van der Waals surface area contributed by atoms with Gasteiger partial charge in [0.05, 0.1) is 18.8 Å². The molecule has 0 aromatic carbocycles. The van der Waals surface area contributed by atoms with Crippen LogP contribution in [0.2, 0.25) is 0 Å². The van der Waals surface area contributed by atoms with E-state index in [1.54, 1.807) is 6.92 Å². The van der Waals surface area contributed by atoms with E-state index in [4.69, 9.17) is 10.5 Å². The van der Waals surface area contributed by atoms with Crippen LogP contribution in [-0.2, 0) is 14.9 Å². The average Bonchev–Trinajstić information content (AvgIpc) is 2.71. The van der Waals surface area contributed by atoms with E-state index in [1.165, 1.54) is 7.11 Å². The standard InChI is InChI=1S/C12H19N3O3S.ClH/c1-6(13)9(16)15-11-14-8(12(2,3)4)7(19-11)10(17)18-5;/h6H,13H2,1-5H3,(H,14,15,16);1H/t6-;/m0./s1. The Labute approximate surface area is 128 Å². The van der Waals surface area contributed by atoms with Gasteiger partial charge in [0, 0.05) is 5.41 Å². The highest BCUT2D eigenvalue weighted by atomic mass is 35.5. The van der Waals surface area contributed by atoms with E-state index in [9.17, 15) is 9.59 Å². The van der Waals surface area contributed by atoms with Crippen LogP contribution in [-0.4, -0.2) is 30.0 Å². The first-order valence-corrected chi connectivity index (χ1v) is 6.64. The third-order valence-electron chi connectivity index (χ3n) is 2.35. The van der Waals surface area contributed by atoms with Crippen molar-refractivity contribution in [2.45, 2.75) is 39.2 Å². The number of hydrogen-bond donors (Lipinski definition) is 2. The zero-order valence-electron chi connectivity index (χ0n) is 12.1. The van der Waals surface area contributed by atoms with Crippen LogP contribution in [0.25, 0.3) is 0 Å². The van der Waals surface area contributed by atoms with E-state index in [0.29, 0.717) is 15.7 Å². The highest BCUT2D eigenvalue weighted by molar-refractivity contribution is 7.17. The Balaban J connectivity index is 0.00000361. The van der Waals surface area contributed by atoms with Crippen LogP contribution in [0.3, 0.4) is 0 Å². The molecule has 1 aromatic heterocycles. The molecule has 6 nitrogen and oxygen atoms in total. The lowest BCUT2D eigenvalue weighted by atomic mass is 9.91. The van der Waals surface area contributed by atoms with E-state index in [1.807, 2.05) is 20.8 Å². The molecule has 0 aliphatic heterocycles. The molecule has 1 heterocycles. The van der Waals surface area contributed by atoms with Gasteiger partial charge in [-0.2, -0.15) is 0 Å². The number of esters is 1. The Morgan fingerprint density at radius 1 is 1.40 bits per heavy atom. The molecule has 114 valence electrons. The molecule has 1 rings (SSSR count). The number of aromatic nitrogens is 1. The average molecular weight is 322 g/mol. The van der Waals surface area contributed by atoms with Gasteiger partial charge in [0.25, 0.3) is 0 Å². The monoisotopic (exact) mass is 321 g/mol. The van der Waals surface area contributed by atoms with Gasteiger partial charge in [0.15, 0.2) is 5.13 Å². The minimum atomic E-state index is -0.636. The fraction of sp³-hybridized carbons (Fsp3) is 0.583. The van der Waals surface area contributed by atoms with E-state index < -0.39 is 12.0 Å². The number of carbonyl (C=O) groups excluding carboxylic acids is 2. The number of anilines is 1. The van der Waals surface area contributed by atoms with Gasteiger partial charge in [-0.25, -0.2) is 9.78 Å². The molecule has 0 saturated carbocycles. The number of nitrogens with one attached hydrogen (secondary N) is 1. The molecule has 0 fully saturated rings. The zero-order chi connectivity index (χ0) is 14.8. The van der Waals surface area contributed by atoms with E-state index in [0.717, 1.165) is 11.3 Å². The maximum absolute atomic E-state index is 11.7. The third kappa shape index (κ3) is 4.43. The van der Waals surface area contributed by atoms with Gasteiger partial charge in [-0.05, 0) is 6.92 Å². The number of nitrogens with two attached hydrogens (primary N) is 1. The number of rotatable bonds is 3. The van der Waals surface area contributed by atoms with Gasteiger partial charge in [0.1, 0.15) is 4.88 Å². The van der Waals surface area contributed by atoms with Crippen LogP contribution in [0.4, 0.5) is 5.13 Å². The lowest BCUT2D eigenvalue weighted by molar-refractivity contribution is -0.117. The summed E-state index contributed by atoms with van der Waals surface area (Å²) in [4.78, 5) is 28.0. The zero-order valence-corrected chi connectivity index (χ0v) is 13.8. The Morgan fingerprint density at radius 3 is 2.35 bits per heavy atom. The molecule has 0 bridgehead atoms. The molecule has 1 amide bonds. The summed E-state index contributed by atoms with van der Waals surface area (Å²) in [6.07, 6.45) is 0. The summed E-state index contributed by atoms with van der Waals surface area (Å²) in [5.41, 5.74) is 5.75. The number of carbonyl (C=O) groups is 2. The largest absolute Gasteiger partial charge is 0.465 e. The first-order chi connectivity index (χ1) is 8.66. The minimum Gasteiger partial charge on any atom is -0.465 e. The molecular formula is C12H20ClN3O3S. The molecule has 8 heteroatoms. The number of hydrogen-bond acceptors (Lipinski definition) is 6. The van der Waals surface area contributed by atoms with Gasteiger partial charge < -0.3 is 15.8 Å². The summed E-state index contributed by atoms with van der Waals surface area (Å²) in [5, 5.41) is 2.94. The van der Waals surface area contributed by atoms with Crippen molar-refractivity contribution in [3.8, 4) is 0 Å². The summed E-state index contributed by atoms with van der Waals surface area (Å²) < 4.78 is 4.73. The van der Waals surface area contributed by atoms with Crippen LogP contribution < -0.4 is 11.1 Å². The normalized spacial score (nSPS) is 12.3. The van der Waals surface area contributed by atoms with Crippen molar-refractivity contribution < 1.29 is 14.3 Å². The molecule has 0 aliphatic rings. The van der Waals surface area contributed by atoms with Crippen LogP contribution in [0, 0.1) is 0 Å². The molecule has 3 N–H and O–H groups in total. The molecular weight excluding hydrogens is 302 g/mol. The number of nitrogens with zero attached hydrogens (tertiary/aromatic N) is 1. The van der Waals surface area contributed by atoms with E-state index in [2.05, 4.69) is 10.3 Å². The van der Waals surface area contributed by atoms with Crippen molar-refractivity contribution in [1.82, 2.24) is 4.98 Å². The van der Waals surface area contributed by atoms with E-state index in [-0.39, 0.29) is 23.7 Å². The number of ether oxygens (including phenoxy) is 1. The fourth-order valence-corrected chi connectivity index (χ4v) is 2.43. The molecule has 1 aromatic rings. The summed E-state index contributed by atoms with van der Waals surface area (Å²) in [7, 11) is 1.31. The molecule has 0 spiro atoms. The Morgan fingerprint density at radius 2 is 1.95 bits per heavy atom. The van der Waals surface area contributed by atoms with Crippen LogP contribution in [0.1, 0.15) is 43.1 Å². The molecule has 0 aliphatic carbocycles. The maximum atomic E-state index is 11.7. The van der Waals surface area contributed by atoms with Crippen molar-refractivity contribution >= 4 is 40.8 Å². The topological polar surface area (TPSA) is 94.3 Å². The van der Waals surface area contributed by atoms with E-state index >= 15 is 0 Å². The lowest BCUT2D eigenvalue weighted by Crippen LogP contribution is -2.32. The second kappa shape index (κ2) is 7.01. The van der Waals surface area contributed by atoms with Gasteiger partial charge in [-0.1, -0.05) is 32.1 Å². The van der Waals surface area contributed by atoms with Crippen molar-refractivity contribution in [2.75, 3.05) is 12.4 Å². The minimum absolute atomic E-state index is 0. The van der Waals surface area contributed by atoms with Crippen molar-refractivity contribution in [2.24, 2.45) is 5.73 Å². The van der Waals surface area contributed by atoms with Crippen LogP contribution >= 0.6 is 23.7 Å². The second-order valence-corrected chi connectivity index (χ2v) is 6.22. The third-order valence-corrected chi connectivity index (χ3v) is 3.30. The van der Waals surface area contributed by atoms with Gasteiger partial charge in [-0.15, -0.1) is 12.4 Å². The summed E-state index contributed by atoms with van der Waals surface area (Å²) in [6.45, 7) is 7.39. The lowest BCUT2D eigenvalue weighted by Gasteiger charge is -2.16. The second-order valence-electron chi connectivity index (χ2n) is 5.22. The quantitative estimate of drug-likeness (QED) is 0.830. The number of halogens is 1. The van der Waals surface area contributed by atoms with Crippen LogP contribution in [0.15, 0.2) is 0 Å². The molecule has 1 atom stereocenters. The predicted molar refractivity (Wildman–Crippen MR) is 81.7 cm³/mol. The first-order valence-electron chi connectivity index (χ1n) is 5.83. The highest BCUT2D eigenvalue weighted by Gasteiger charge is 2.28. The Bertz CT molecular complexity index is 495. The number of amides is 1. The summed E-state index contributed by atoms with van der Waals surface area (Å²) >= 11 is 1.09. The first kappa shape index (κ1) is 18.8. The SMILES string of the molecule is COC(=O)c1sc(NC(=O)[C@H](C)N)nc1C(C)(C)C.Cl. The van der Waals surface area contributed by atoms with Gasteiger partial charge in [0.2, 0.25) is 5.91 Å². The molecule has 0 saturated heterocycles. The van der Waals surface area contributed by atoms with Gasteiger partial charge in [-0.3, -0.25) is 4.79 Å².